The monoisotopic (exact) mass is 317 g/mol. The van der Waals surface area contributed by atoms with E-state index in [0.29, 0.717) is 11.1 Å². The SMILES string of the molecule is COCc1c(C(=O)O[C@H](C)C(=O)NC2CC2)oc2ccccc12. The predicted octanol–water partition coefficient (Wildman–Crippen LogP) is 2.40. The number of hydrogen-bond donors (Lipinski definition) is 1. The zero-order valence-corrected chi connectivity index (χ0v) is 13.1. The maximum absolute atomic E-state index is 12.4. The zero-order valence-electron chi connectivity index (χ0n) is 13.1. The molecule has 1 N–H and O–H groups in total. The van der Waals surface area contributed by atoms with Crippen LogP contribution >= 0.6 is 0 Å². The van der Waals surface area contributed by atoms with Crippen molar-refractivity contribution < 1.29 is 23.5 Å². The lowest BCUT2D eigenvalue weighted by molar-refractivity contribution is -0.129. The number of hydrogen-bond acceptors (Lipinski definition) is 5. The maximum atomic E-state index is 12.4. The molecule has 0 bridgehead atoms. The number of methoxy groups -OCH3 is 1. The van der Waals surface area contributed by atoms with Gasteiger partial charge >= 0.3 is 5.97 Å². The van der Waals surface area contributed by atoms with Crippen molar-refractivity contribution in [1.82, 2.24) is 5.32 Å². The minimum Gasteiger partial charge on any atom is -0.449 e. The van der Waals surface area contributed by atoms with Crippen LogP contribution in [-0.2, 0) is 20.9 Å². The number of furan rings is 1. The average Bonchev–Trinajstić information content (AvgIpc) is 3.27. The fourth-order valence-electron chi connectivity index (χ4n) is 2.37. The fraction of sp³-hybridized carbons (Fsp3) is 0.412. The number of fused-ring (bicyclic) bond motifs is 1. The summed E-state index contributed by atoms with van der Waals surface area (Å²) in [5, 5.41) is 3.61. The number of carbonyl (C=O) groups is 2. The minimum absolute atomic E-state index is 0.0825. The highest BCUT2D eigenvalue weighted by molar-refractivity contribution is 5.97. The molecule has 1 atom stereocenters. The van der Waals surface area contributed by atoms with Gasteiger partial charge in [-0.15, -0.1) is 0 Å². The molecule has 1 fully saturated rings. The van der Waals surface area contributed by atoms with Crippen LogP contribution in [0.15, 0.2) is 28.7 Å². The highest BCUT2D eigenvalue weighted by atomic mass is 16.6. The molecule has 1 heterocycles. The van der Waals surface area contributed by atoms with Crippen LogP contribution in [0.25, 0.3) is 11.0 Å². The molecule has 0 unspecified atom stereocenters. The summed E-state index contributed by atoms with van der Waals surface area (Å²) in [4.78, 5) is 24.3. The topological polar surface area (TPSA) is 77.8 Å². The third kappa shape index (κ3) is 3.37. The van der Waals surface area contributed by atoms with Crippen molar-refractivity contribution in [2.75, 3.05) is 7.11 Å². The molecule has 0 radical (unpaired) electrons. The van der Waals surface area contributed by atoms with E-state index in [0.717, 1.165) is 18.2 Å². The summed E-state index contributed by atoms with van der Waals surface area (Å²) >= 11 is 0. The third-order valence-electron chi connectivity index (χ3n) is 3.75. The number of rotatable bonds is 6. The molecular weight excluding hydrogens is 298 g/mol. The van der Waals surface area contributed by atoms with Gasteiger partial charge in [0.25, 0.3) is 5.91 Å². The first kappa shape index (κ1) is 15.6. The first-order valence-corrected chi connectivity index (χ1v) is 7.61. The Morgan fingerprint density at radius 2 is 2.09 bits per heavy atom. The van der Waals surface area contributed by atoms with Crippen LogP contribution in [0, 0.1) is 0 Å². The smallest absolute Gasteiger partial charge is 0.375 e. The van der Waals surface area contributed by atoms with E-state index >= 15 is 0 Å². The van der Waals surface area contributed by atoms with Gasteiger partial charge in [-0.3, -0.25) is 4.79 Å². The molecule has 1 aliphatic carbocycles. The molecule has 2 aromatic rings. The Hall–Kier alpha value is -2.34. The number of amides is 1. The summed E-state index contributed by atoms with van der Waals surface area (Å²) < 4.78 is 16.0. The number of carbonyl (C=O) groups excluding carboxylic acids is 2. The van der Waals surface area contributed by atoms with E-state index < -0.39 is 12.1 Å². The Morgan fingerprint density at radius 1 is 1.35 bits per heavy atom. The molecule has 1 amide bonds. The van der Waals surface area contributed by atoms with E-state index in [1.807, 2.05) is 18.2 Å². The number of esters is 1. The van der Waals surface area contributed by atoms with Crippen LogP contribution in [0.3, 0.4) is 0 Å². The van der Waals surface area contributed by atoms with Crippen LogP contribution in [0.4, 0.5) is 0 Å². The molecule has 1 aliphatic rings. The Kier molecular flexibility index (Phi) is 4.34. The van der Waals surface area contributed by atoms with Crippen molar-refractivity contribution in [3.63, 3.8) is 0 Å². The third-order valence-corrected chi connectivity index (χ3v) is 3.75. The molecule has 0 aliphatic heterocycles. The zero-order chi connectivity index (χ0) is 16.4. The van der Waals surface area contributed by atoms with Crippen LogP contribution in [0.5, 0.6) is 0 Å². The predicted molar refractivity (Wildman–Crippen MR) is 83.0 cm³/mol. The quantitative estimate of drug-likeness (QED) is 0.828. The Morgan fingerprint density at radius 3 is 2.78 bits per heavy atom. The fourth-order valence-corrected chi connectivity index (χ4v) is 2.37. The van der Waals surface area contributed by atoms with E-state index in [9.17, 15) is 9.59 Å². The molecular formula is C17H19NO5. The van der Waals surface area contributed by atoms with Crippen LogP contribution in [-0.4, -0.2) is 31.1 Å². The number of ether oxygens (including phenoxy) is 2. The van der Waals surface area contributed by atoms with Gasteiger partial charge in [-0.25, -0.2) is 4.79 Å². The highest BCUT2D eigenvalue weighted by Crippen LogP contribution is 2.27. The number of benzene rings is 1. The van der Waals surface area contributed by atoms with Gasteiger partial charge in [0.1, 0.15) is 5.58 Å². The molecule has 0 saturated heterocycles. The van der Waals surface area contributed by atoms with Crippen LogP contribution in [0.2, 0.25) is 0 Å². The van der Waals surface area contributed by atoms with Crippen molar-refractivity contribution in [1.29, 1.82) is 0 Å². The summed E-state index contributed by atoms with van der Waals surface area (Å²) in [5.74, 6) is -0.865. The molecule has 3 rings (SSSR count). The van der Waals surface area contributed by atoms with Gasteiger partial charge in [-0.1, -0.05) is 18.2 Å². The number of para-hydroxylation sites is 1. The first-order chi connectivity index (χ1) is 11.1. The molecule has 1 aromatic carbocycles. The van der Waals surface area contributed by atoms with Gasteiger partial charge < -0.3 is 19.2 Å². The van der Waals surface area contributed by atoms with E-state index in [4.69, 9.17) is 13.9 Å². The lowest BCUT2D eigenvalue weighted by Crippen LogP contribution is -2.37. The second-order valence-corrected chi connectivity index (χ2v) is 5.67. The standard InChI is InChI=1S/C17H19NO5/c1-10(16(19)18-11-7-8-11)22-17(20)15-13(9-21-2)12-5-3-4-6-14(12)23-15/h3-6,10-11H,7-9H2,1-2H3,(H,18,19)/t10-/m1/s1. The average molecular weight is 317 g/mol. The van der Waals surface area contributed by atoms with Crippen molar-refractivity contribution in [2.24, 2.45) is 0 Å². The second kappa shape index (κ2) is 6.42. The van der Waals surface area contributed by atoms with Crippen LogP contribution < -0.4 is 5.32 Å². The first-order valence-electron chi connectivity index (χ1n) is 7.61. The lowest BCUT2D eigenvalue weighted by atomic mass is 10.1. The van der Waals surface area contributed by atoms with E-state index in [2.05, 4.69) is 5.32 Å². The van der Waals surface area contributed by atoms with Gasteiger partial charge in [0.15, 0.2) is 6.10 Å². The number of nitrogens with one attached hydrogen (secondary N) is 1. The minimum atomic E-state index is -0.869. The molecule has 122 valence electrons. The molecule has 6 heteroatoms. The van der Waals surface area contributed by atoms with Crippen molar-refractivity contribution in [2.45, 2.75) is 38.5 Å². The van der Waals surface area contributed by atoms with Crippen molar-refractivity contribution >= 4 is 22.8 Å². The molecule has 1 saturated carbocycles. The molecule has 1 aromatic heterocycles. The van der Waals surface area contributed by atoms with Crippen LogP contribution in [0.1, 0.15) is 35.9 Å². The van der Waals surface area contributed by atoms with Crippen molar-refractivity contribution in [3.8, 4) is 0 Å². The highest BCUT2D eigenvalue weighted by Gasteiger charge is 2.29. The molecule has 0 spiro atoms. The van der Waals surface area contributed by atoms with E-state index in [1.54, 1.807) is 20.1 Å². The lowest BCUT2D eigenvalue weighted by Gasteiger charge is -2.12. The van der Waals surface area contributed by atoms with Gasteiger partial charge in [0.05, 0.1) is 6.61 Å². The van der Waals surface area contributed by atoms with Gasteiger partial charge in [0.2, 0.25) is 5.76 Å². The summed E-state index contributed by atoms with van der Waals surface area (Å²) in [7, 11) is 1.54. The van der Waals surface area contributed by atoms with Gasteiger partial charge in [-0.2, -0.15) is 0 Å². The van der Waals surface area contributed by atoms with E-state index in [1.165, 1.54) is 0 Å². The Balaban J connectivity index is 1.79. The Bertz CT molecular complexity index is 732. The molecule has 23 heavy (non-hydrogen) atoms. The maximum Gasteiger partial charge on any atom is 0.375 e. The second-order valence-electron chi connectivity index (χ2n) is 5.67. The normalized spacial score (nSPS) is 15.4. The summed E-state index contributed by atoms with van der Waals surface area (Å²) in [6.07, 6.45) is 1.09. The largest absolute Gasteiger partial charge is 0.449 e. The van der Waals surface area contributed by atoms with Gasteiger partial charge in [-0.05, 0) is 25.8 Å². The Labute approximate surface area is 133 Å². The summed E-state index contributed by atoms with van der Waals surface area (Å²) in [6.45, 7) is 1.78. The molecule has 6 nitrogen and oxygen atoms in total. The van der Waals surface area contributed by atoms with Crippen molar-refractivity contribution in [3.05, 3.63) is 35.6 Å². The van der Waals surface area contributed by atoms with Gasteiger partial charge in [0, 0.05) is 24.1 Å². The van der Waals surface area contributed by atoms with E-state index in [-0.39, 0.29) is 24.3 Å². The summed E-state index contributed by atoms with van der Waals surface area (Å²) in [6, 6.07) is 7.53. The summed E-state index contributed by atoms with van der Waals surface area (Å²) in [5.41, 5.74) is 1.21.